The number of benzene rings is 2. The third kappa shape index (κ3) is 4.48. The van der Waals surface area contributed by atoms with Crippen LogP contribution in [0.25, 0.3) is 0 Å². The predicted molar refractivity (Wildman–Crippen MR) is 104 cm³/mol. The first-order valence-electron chi connectivity index (χ1n) is 9.20. The number of hydrogen-bond acceptors (Lipinski definition) is 4. The van der Waals surface area contributed by atoms with Gasteiger partial charge in [0.2, 0.25) is 5.91 Å². The molecule has 0 saturated carbocycles. The second-order valence-electron chi connectivity index (χ2n) is 7.28. The van der Waals surface area contributed by atoms with E-state index in [1.54, 1.807) is 19.2 Å². The van der Waals surface area contributed by atoms with Crippen molar-refractivity contribution in [2.45, 2.75) is 33.3 Å². The van der Waals surface area contributed by atoms with Gasteiger partial charge in [-0.05, 0) is 48.6 Å². The molecule has 1 N–H and O–H groups in total. The lowest BCUT2D eigenvalue weighted by molar-refractivity contribution is -0.120. The van der Waals surface area contributed by atoms with Crippen molar-refractivity contribution < 1.29 is 19.1 Å². The topological polar surface area (TPSA) is 64.6 Å². The first-order valence-corrected chi connectivity index (χ1v) is 9.20. The highest BCUT2D eigenvalue weighted by molar-refractivity contribution is 5.96. The summed E-state index contributed by atoms with van der Waals surface area (Å²) in [5.41, 5.74) is 3.09. The molecule has 1 atom stereocenters. The van der Waals surface area contributed by atoms with Gasteiger partial charge in [0, 0.05) is 17.2 Å². The van der Waals surface area contributed by atoms with Crippen LogP contribution < -0.4 is 10.1 Å². The number of nitrogens with one attached hydrogen (secondary N) is 1. The molecule has 2 aromatic carbocycles. The maximum Gasteiger partial charge on any atom is 0.338 e. The van der Waals surface area contributed by atoms with Gasteiger partial charge >= 0.3 is 5.97 Å². The highest BCUT2D eigenvalue weighted by Gasteiger charge is 2.24. The van der Waals surface area contributed by atoms with Crippen LogP contribution in [-0.2, 0) is 22.6 Å². The number of rotatable bonds is 7. The quantitative estimate of drug-likeness (QED) is 0.745. The van der Waals surface area contributed by atoms with Crippen LogP contribution in [0.4, 0.5) is 5.69 Å². The number of para-hydroxylation sites is 1. The fourth-order valence-electron chi connectivity index (χ4n) is 3.44. The van der Waals surface area contributed by atoms with Gasteiger partial charge in [0.1, 0.15) is 12.4 Å². The number of anilines is 1. The molecule has 5 heteroatoms. The largest absolute Gasteiger partial charge is 0.496 e. The predicted octanol–water partition coefficient (Wildman–Crippen LogP) is 4.21. The molecule has 1 aliphatic heterocycles. The molecular weight excluding hydrogens is 342 g/mol. The van der Waals surface area contributed by atoms with Gasteiger partial charge in [0.05, 0.1) is 12.7 Å². The number of hydrogen-bond donors (Lipinski definition) is 1. The zero-order valence-electron chi connectivity index (χ0n) is 16.0. The molecular formula is C22H25NO4. The number of ether oxygens (including phenoxy) is 2. The van der Waals surface area contributed by atoms with Gasteiger partial charge < -0.3 is 14.8 Å². The van der Waals surface area contributed by atoms with Crippen LogP contribution in [0.15, 0.2) is 42.5 Å². The van der Waals surface area contributed by atoms with Crippen molar-refractivity contribution in [1.82, 2.24) is 0 Å². The summed E-state index contributed by atoms with van der Waals surface area (Å²) in [7, 11) is 1.64. The Labute approximate surface area is 159 Å². The maximum absolute atomic E-state index is 13.0. The number of cyclic esters (lactones) is 1. The SMILES string of the molecule is COc1ccccc1CC(CC(C)C)C(=O)Nc1ccc2c(c1)COC2=O. The molecule has 142 valence electrons. The van der Waals surface area contributed by atoms with E-state index in [-0.39, 0.29) is 24.4 Å². The molecule has 5 nitrogen and oxygen atoms in total. The Morgan fingerprint density at radius 3 is 2.74 bits per heavy atom. The summed E-state index contributed by atoms with van der Waals surface area (Å²) >= 11 is 0. The first kappa shape index (κ1) is 19.0. The van der Waals surface area contributed by atoms with Gasteiger partial charge in [-0.1, -0.05) is 32.0 Å². The van der Waals surface area contributed by atoms with E-state index in [9.17, 15) is 9.59 Å². The van der Waals surface area contributed by atoms with E-state index < -0.39 is 0 Å². The molecule has 0 bridgehead atoms. The van der Waals surface area contributed by atoms with Crippen molar-refractivity contribution in [3.8, 4) is 5.75 Å². The summed E-state index contributed by atoms with van der Waals surface area (Å²) in [4.78, 5) is 24.5. The van der Waals surface area contributed by atoms with E-state index in [0.29, 0.717) is 23.6 Å². The second kappa shape index (κ2) is 8.25. The number of amides is 1. The Bertz CT molecular complexity index is 844. The molecule has 0 saturated heterocycles. The Morgan fingerprint density at radius 2 is 2.00 bits per heavy atom. The third-order valence-electron chi connectivity index (χ3n) is 4.74. The Hall–Kier alpha value is -2.82. The molecule has 0 aromatic heterocycles. The summed E-state index contributed by atoms with van der Waals surface area (Å²) < 4.78 is 10.5. The number of methoxy groups -OCH3 is 1. The fourth-order valence-corrected chi connectivity index (χ4v) is 3.44. The van der Waals surface area contributed by atoms with Crippen LogP contribution >= 0.6 is 0 Å². The molecule has 1 unspecified atom stereocenters. The summed E-state index contributed by atoms with van der Waals surface area (Å²) in [6.45, 7) is 4.48. The summed E-state index contributed by atoms with van der Waals surface area (Å²) in [6.07, 6.45) is 1.39. The van der Waals surface area contributed by atoms with Gasteiger partial charge in [-0.25, -0.2) is 4.79 Å². The van der Waals surface area contributed by atoms with Crippen LogP contribution in [-0.4, -0.2) is 19.0 Å². The molecule has 1 heterocycles. The van der Waals surface area contributed by atoms with Crippen LogP contribution in [0.3, 0.4) is 0 Å². The molecule has 27 heavy (non-hydrogen) atoms. The molecule has 3 rings (SSSR count). The zero-order chi connectivity index (χ0) is 19.4. The Kier molecular flexibility index (Phi) is 5.79. The highest BCUT2D eigenvalue weighted by atomic mass is 16.5. The minimum absolute atomic E-state index is 0.0280. The van der Waals surface area contributed by atoms with E-state index in [1.807, 2.05) is 30.3 Å². The molecule has 0 aliphatic carbocycles. The molecule has 0 spiro atoms. The number of carbonyl (C=O) groups is 2. The number of esters is 1. The van der Waals surface area contributed by atoms with Crippen LogP contribution in [0.1, 0.15) is 41.8 Å². The lowest BCUT2D eigenvalue weighted by atomic mass is 9.89. The van der Waals surface area contributed by atoms with E-state index in [4.69, 9.17) is 9.47 Å². The summed E-state index contributed by atoms with van der Waals surface area (Å²) in [5, 5.41) is 3.00. The highest BCUT2D eigenvalue weighted by Crippen LogP contribution is 2.27. The van der Waals surface area contributed by atoms with Gasteiger partial charge in [-0.3, -0.25) is 4.79 Å². The van der Waals surface area contributed by atoms with Crippen molar-refractivity contribution in [1.29, 1.82) is 0 Å². The molecule has 0 fully saturated rings. The van der Waals surface area contributed by atoms with Crippen molar-refractivity contribution in [2.75, 3.05) is 12.4 Å². The summed E-state index contributed by atoms with van der Waals surface area (Å²) in [6, 6.07) is 13.1. The minimum atomic E-state index is -0.309. The maximum atomic E-state index is 13.0. The smallest absolute Gasteiger partial charge is 0.338 e. The van der Waals surface area contributed by atoms with Crippen LogP contribution in [0, 0.1) is 11.8 Å². The second-order valence-corrected chi connectivity index (χ2v) is 7.28. The third-order valence-corrected chi connectivity index (χ3v) is 4.74. The molecule has 1 aliphatic rings. The van der Waals surface area contributed by atoms with Gasteiger partial charge in [0.25, 0.3) is 0 Å². The van der Waals surface area contributed by atoms with E-state index in [0.717, 1.165) is 23.3 Å². The lowest BCUT2D eigenvalue weighted by Gasteiger charge is -2.20. The van der Waals surface area contributed by atoms with E-state index in [2.05, 4.69) is 19.2 Å². The van der Waals surface area contributed by atoms with Gasteiger partial charge in [0.15, 0.2) is 0 Å². The standard InChI is InChI=1S/C22H25NO4/c1-14(2)10-16(11-15-6-4-5-7-20(15)26-3)21(24)23-18-8-9-19-17(12-18)13-27-22(19)25/h4-9,12,14,16H,10-11,13H2,1-3H3,(H,23,24). The average molecular weight is 367 g/mol. The van der Waals surface area contributed by atoms with Crippen molar-refractivity contribution in [2.24, 2.45) is 11.8 Å². The number of carbonyl (C=O) groups excluding carboxylic acids is 2. The number of fused-ring (bicyclic) bond motifs is 1. The normalized spacial score (nSPS) is 13.9. The molecule has 1 amide bonds. The Balaban J connectivity index is 1.76. The minimum Gasteiger partial charge on any atom is -0.496 e. The monoisotopic (exact) mass is 367 g/mol. The van der Waals surface area contributed by atoms with Crippen molar-refractivity contribution >= 4 is 17.6 Å². The zero-order valence-corrected chi connectivity index (χ0v) is 16.0. The Morgan fingerprint density at radius 1 is 1.22 bits per heavy atom. The lowest BCUT2D eigenvalue weighted by Crippen LogP contribution is -2.26. The molecule has 0 radical (unpaired) electrons. The average Bonchev–Trinajstić information content (AvgIpc) is 3.01. The van der Waals surface area contributed by atoms with Gasteiger partial charge in [-0.15, -0.1) is 0 Å². The van der Waals surface area contributed by atoms with Crippen LogP contribution in [0.5, 0.6) is 5.75 Å². The molecule has 2 aromatic rings. The van der Waals surface area contributed by atoms with E-state index >= 15 is 0 Å². The van der Waals surface area contributed by atoms with Crippen molar-refractivity contribution in [3.05, 3.63) is 59.2 Å². The van der Waals surface area contributed by atoms with Crippen LogP contribution in [0.2, 0.25) is 0 Å². The first-order chi connectivity index (χ1) is 13.0. The fraction of sp³-hybridized carbons (Fsp3) is 0.364. The van der Waals surface area contributed by atoms with Gasteiger partial charge in [-0.2, -0.15) is 0 Å². The van der Waals surface area contributed by atoms with E-state index in [1.165, 1.54) is 0 Å². The van der Waals surface area contributed by atoms with Crippen molar-refractivity contribution in [3.63, 3.8) is 0 Å². The summed E-state index contributed by atoms with van der Waals surface area (Å²) in [5.74, 6) is 0.678.